The number of aliphatic hydroxyl groups excluding tert-OH is 1. The van der Waals surface area contributed by atoms with Gasteiger partial charge in [-0.25, -0.2) is 9.13 Å². The number of esters is 4. The van der Waals surface area contributed by atoms with Crippen molar-refractivity contribution in [1.29, 1.82) is 0 Å². The highest BCUT2D eigenvalue weighted by Gasteiger charge is 2.30. The summed E-state index contributed by atoms with van der Waals surface area (Å²) in [6, 6.07) is 0. The minimum atomic E-state index is -4.96. The first-order valence-electron chi connectivity index (χ1n) is 42.5. The first-order valence-corrected chi connectivity index (χ1v) is 45.5. The predicted molar refractivity (Wildman–Crippen MR) is 414 cm³/mol. The smallest absolute Gasteiger partial charge is 0.462 e. The molecule has 0 spiro atoms. The zero-order valence-electron chi connectivity index (χ0n) is 66.2. The van der Waals surface area contributed by atoms with E-state index in [9.17, 15) is 43.2 Å². The maximum absolute atomic E-state index is 13.1. The highest BCUT2D eigenvalue weighted by atomic mass is 31.2. The van der Waals surface area contributed by atoms with Crippen LogP contribution >= 0.6 is 15.6 Å². The van der Waals surface area contributed by atoms with Crippen LogP contribution < -0.4 is 0 Å². The first-order chi connectivity index (χ1) is 48.9. The van der Waals surface area contributed by atoms with Crippen molar-refractivity contribution in [1.82, 2.24) is 0 Å². The Hall–Kier alpha value is -1.94. The lowest BCUT2D eigenvalue weighted by atomic mass is 10.0. The van der Waals surface area contributed by atoms with E-state index < -0.39 is 97.5 Å². The number of phosphoric ester groups is 2. The van der Waals surface area contributed by atoms with Crippen molar-refractivity contribution in [3.05, 3.63) is 0 Å². The van der Waals surface area contributed by atoms with Gasteiger partial charge in [-0.1, -0.05) is 382 Å². The van der Waals surface area contributed by atoms with E-state index in [4.69, 9.17) is 37.0 Å². The normalized spacial score (nSPS) is 13.9. The van der Waals surface area contributed by atoms with Gasteiger partial charge >= 0.3 is 39.5 Å². The quantitative estimate of drug-likeness (QED) is 0.0222. The lowest BCUT2D eigenvalue weighted by Gasteiger charge is -2.21. The molecular weight excluding hydrogens is 1320 g/mol. The van der Waals surface area contributed by atoms with Crippen LogP contribution in [0.1, 0.15) is 433 Å². The molecule has 0 amide bonds. The molecule has 19 heteroatoms. The summed E-state index contributed by atoms with van der Waals surface area (Å²) in [4.78, 5) is 73.1. The topological polar surface area (TPSA) is 237 Å². The first kappa shape index (κ1) is 99.1. The molecule has 0 aliphatic heterocycles. The molecule has 0 aromatic heterocycles. The van der Waals surface area contributed by atoms with E-state index in [1.807, 2.05) is 0 Å². The van der Waals surface area contributed by atoms with Gasteiger partial charge in [0.25, 0.3) is 0 Å². The maximum atomic E-state index is 13.1. The number of aliphatic hydroxyl groups is 1. The van der Waals surface area contributed by atoms with Gasteiger partial charge in [-0.3, -0.25) is 37.3 Å². The van der Waals surface area contributed by atoms with E-state index in [0.717, 1.165) is 102 Å². The average molecular weight is 1480 g/mol. The van der Waals surface area contributed by atoms with E-state index in [2.05, 4.69) is 41.5 Å². The van der Waals surface area contributed by atoms with Crippen LogP contribution in [-0.2, 0) is 65.4 Å². The second-order valence-electron chi connectivity index (χ2n) is 30.5. The largest absolute Gasteiger partial charge is 0.472 e. The summed E-state index contributed by atoms with van der Waals surface area (Å²) >= 11 is 0. The zero-order valence-corrected chi connectivity index (χ0v) is 68.0. The van der Waals surface area contributed by atoms with Crippen LogP contribution in [0.5, 0.6) is 0 Å². The molecule has 0 aliphatic rings. The van der Waals surface area contributed by atoms with Crippen molar-refractivity contribution in [2.24, 2.45) is 11.8 Å². The lowest BCUT2D eigenvalue weighted by Crippen LogP contribution is -2.30. The Morgan fingerprint density at radius 1 is 0.267 bits per heavy atom. The van der Waals surface area contributed by atoms with E-state index in [1.165, 1.54) is 250 Å². The van der Waals surface area contributed by atoms with Gasteiger partial charge in [0, 0.05) is 25.7 Å². The van der Waals surface area contributed by atoms with Crippen molar-refractivity contribution in [2.75, 3.05) is 39.6 Å². The fourth-order valence-electron chi connectivity index (χ4n) is 12.7. The Labute approximate surface area is 619 Å². The van der Waals surface area contributed by atoms with E-state index in [0.29, 0.717) is 25.7 Å². The third-order valence-electron chi connectivity index (χ3n) is 19.2. The summed E-state index contributed by atoms with van der Waals surface area (Å²) in [5.41, 5.74) is 0. The summed E-state index contributed by atoms with van der Waals surface area (Å²) in [6.45, 7) is 9.68. The molecule has 101 heavy (non-hydrogen) atoms. The predicted octanol–water partition coefficient (Wildman–Crippen LogP) is 24.7. The molecule has 5 atom stereocenters. The molecule has 0 rings (SSSR count). The van der Waals surface area contributed by atoms with Crippen LogP contribution in [0.4, 0.5) is 0 Å². The van der Waals surface area contributed by atoms with Gasteiger partial charge in [0.15, 0.2) is 12.2 Å². The van der Waals surface area contributed by atoms with Gasteiger partial charge in [-0.05, 0) is 37.5 Å². The number of carbonyl (C=O) groups excluding carboxylic acids is 4. The number of hydrogen-bond acceptors (Lipinski definition) is 15. The van der Waals surface area contributed by atoms with Crippen molar-refractivity contribution >= 4 is 39.5 Å². The van der Waals surface area contributed by atoms with Crippen molar-refractivity contribution < 1.29 is 80.2 Å². The fraction of sp³-hybridized carbons (Fsp3) is 0.951. The molecule has 0 bridgehead atoms. The van der Waals surface area contributed by atoms with Crippen LogP contribution in [0.15, 0.2) is 0 Å². The Morgan fingerprint density at radius 2 is 0.455 bits per heavy atom. The van der Waals surface area contributed by atoms with Gasteiger partial charge < -0.3 is 33.8 Å². The second-order valence-corrected chi connectivity index (χ2v) is 33.4. The van der Waals surface area contributed by atoms with Gasteiger partial charge in [0.1, 0.15) is 19.3 Å². The molecule has 0 aromatic carbocycles. The molecule has 17 nitrogen and oxygen atoms in total. The van der Waals surface area contributed by atoms with Crippen LogP contribution in [0.25, 0.3) is 0 Å². The number of ether oxygens (including phenoxy) is 4. The summed E-state index contributed by atoms with van der Waals surface area (Å²) in [6.07, 6.45) is 63.7. The van der Waals surface area contributed by atoms with Crippen LogP contribution in [0.2, 0.25) is 0 Å². The van der Waals surface area contributed by atoms with Crippen molar-refractivity contribution in [3.63, 3.8) is 0 Å². The molecule has 3 N–H and O–H groups in total. The highest BCUT2D eigenvalue weighted by molar-refractivity contribution is 7.47. The molecule has 0 heterocycles. The molecule has 0 saturated carbocycles. The van der Waals surface area contributed by atoms with E-state index in [1.54, 1.807) is 0 Å². The third-order valence-corrected chi connectivity index (χ3v) is 21.1. The Balaban J connectivity index is 5.27. The fourth-order valence-corrected chi connectivity index (χ4v) is 14.3. The summed E-state index contributed by atoms with van der Waals surface area (Å²) in [7, 11) is -9.92. The number of carbonyl (C=O) groups is 4. The van der Waals surface area contributed by atoms with Crippen molar-refractivity contribution in [3.8, 4) is 0 Å². The molecule has 600 valence electrons. The van der Waals surface area contributed by atoms with Crippen molar-refractivity contribution in [2.45, 2.75) is 452 Å². The SMILES string of the molecule is CCCCCCCCCCCCCCCCCCC(=O)OC[C@H](COP(=O)(O)OC[C@@H](O)COP(=O)(O)OC[C@@H](COC(=O)CCCCCCCCCCCCCCC)OC(=O)CCCCCCCCCCCCCC(C)C)OC(=O)CCCCCCCCCCCCCCCCCC(C)C. The van der Waals surface area contributed by atoms with Gasteiger partial charge in [0.2, 0.25) is 0 Å². The molecule has 2 unspecified atom stereocenters. The standard InChI is InChI=1S/C82H160O17P2/c1-7-9-11-13-15-17-19-21-22-25-29-35-41-47-53-59-65-80(85)93-70-77(98-81(86)66-60-54-48-42-36-30-26-23-24-28-32-38-44-50-56-62-74(3)4)72-96-100(88,89)94-68-76(83)69-95-101(90,91)97-73-78(71-92-79(84)64-58-52-46-40-34-27-20-18-16-14-12-10-8-2)99-82(87)67-61-55-49-43-37-31-33-39-45-51-57-63-75(5)6/h74-78,83H,7-73H2,1-6H3,(H,88,89)(H,90,91)/t76-,77-,78-/m1/s1. The number of unbranched alkanes of at least 4 members (excludes halogenated alkanes) is 51. The molecule has 0 aliphatic carbocycles. The van der Waals surface area contributed by atoms with E-state index >= 15 is 0 Å². The minimum absolute atomic E-state index is 0.107. The van der Waals surface area contributed by atoms with E-state index in [-0.39, 0.29) is 25.7 Å². The monoisotopic (exact) mass is 1480 g/mol. The molecule has 0 fully saturated rings. The van der Waals surface area contributed by atoms with Crippen LogP contribution in [0.3, 0.4) is 0 Å². The Bertz CT molecular complexity index is 1940. The van der Waals surface area contributed by atoms with Gasteiger partial charge in [-0.2, -0.15) is 0 Å². The molecule has 0 saturated heterocycles. The molecule has 0 aromatic rings. The number of hydrogen-bond donors (Lipinski definition) is 3. The van der Waals surface area contributed by atoms with Crippen LogP contribution in [0, 0.1) is 11.8 Å². The summed E-state index contributed by atoms with van der Waals surface area (Å²) in [5, 5.41) is 10.7. The molecular formula is C82H160O17P2. The zero-order chi connectivity index (χ0) is 74.2. The van der Waals surface area contributed by atoms with Crippen LogP contribution in [-0.4, -0.2) is 96.7 Å². The third kappa shape index (κ3) is 76.1. The molecule has 0 radical (unpaired) electrons. The Morgan fingerprint density at radius 3 is 0.673 bits per heavy atom. The van der Waals surface area contributed by atoms with Gasteiger partial charge in [-0.15, -0.1) is 0 Å². The second kappa shape index (κ2) is 73.6. The highest BCUT2D eigenvalue weighted by Crippen LogP contribution is 2.45. The number of rotatable bonds is 81. The summed E-state index contributed by atoms with van der Waals surface area (Å²) < 4.78 is 68.8. The number of phosphoric acid groups is 2. The minimum Gasteiger partial charge on any atom is -0.462 e. The van der Waals surface area contributed by atoms with Gasteiger partial charge in [0.05, 0.1) is 26.4 Å². The average Bonchev–Trinajstić information content (AvgIpc) is 0.959. The summed E-state index contributed by atoms with van der Waals surface area (Å²) in [5.74, 6) is -0.536. The lowest BCUT2D eigenvalue weighted by molar-refractivity contribution is -0.161. The maximum Gasteiger partial charge on any atom is 0.472 e. The Kier molecular flexibility index (Phi) is 72.2.